The van der Waals surface area contributed by atoms with E-state index >= 15 is 0 Å². The van der Waals surface area contributed by atoms with Crippen LogP contribution in [0.4, 0.5) is 0 Å². The van der Waals surface area contributed by atoms with Gasteiger partial charge in [-0.1, -0.05) is 0 Å². The molecule has 6 heteroatoms. The standard InChI is InChI=1S/C11H18N2O2SSe/c1-8(2)11(12)7-17-10-5-3-9(4-6-10)16(13,14)15/h3-6,8,11H,7,12H2,1-2H3,(H2,13,14,15)/t11-/m1/s1. The van der Waals surface area contributed by atoms with Gasteiger partial charge >= 0.3 is 109 Å². The van der Waals surface area contributed by atoms with Crippen LogP contribution in [-0.2, 0) is 10.0 Å². The van der Waals surface area contributed by atoms with Crippen molar-refractivity contribution in [3.05, 3.63) is 24.3 Å². The van der Waals surface area contributed by atoms with Gasteiger partial charge in [-0.05, 0) is 0 Å². The number of sulfonamides is 1. The fraction of sp³-hybridized carbons (Fsp3) is 0.455. The van der Waals surface area contributed by atoms with Gasteiger partial charge in [0.05, 0.1) is 0 Å². The number of benzene rings is 1. The Labute approximate surface area is 109 Å². The maximum absolute atomic E-state index is 11.1. The van der Waals surface area contributed by atoms with Gasteiger partial charge in [-0.25, -0.2) is 0 Å². The molecule has 1 rings (SSSR count). The zero-order valence-electron chi connectivity index (χ0n) is 9.96. The summed E-state index contributed by atoms with van der Waals surface area (Å²) in [5.41, 5.74) is 5.96. The van der Waals surface area contributed by atoms with Crippen molar-refractivity contribution in [3.63, 3.8) is 0 Å². The van der Waals surface area contributed by atoms with E-state index < -0.39 is 10.0 Å². The number of primary sulfonamides is 1. The van der Waals surface area contributed by atoms with Crippen LogP contribution in [0.15, 0.2) is 29.2 Å². The first-order chi connectivity index (χ1) is 7.80. The zero-order valence-corrected chi connectivity index (χ0v) is 12.5. The van der Waals surface area contributed by atoms with E-state index in [1.807, 2.05) is 12.1 Å². The molecule has 1 aromatic rings. The second-order valence-electron chi connectivity index (χ2n) is 4.24. The maximum atomic E-state index is 11.1. The van der Waals surface area contributed by atoms with Crippen molar-refractivity contribution in [1.29, 1.82) is 0 Å². The molecule has 0 saturated carbocycles. The van der Waals surface area contributed by atoms with Gasteiger partial charge in [0, 0.05) is 0 Å². The third-order valence-corrected chi connectivity index (χ3v) is 5.81. The number of nitrogens with two attached hydrogens (primary N) is 2. The Balaban J connectivity index is 2.64. The van der Waals surface area contributed by atoms with Crippen molar-refractivity contribution >= 4 is 29.4 Å². The van der Waals surface area contributed by atoms with Crippen LogP contribution in [0.3, 0.4) is 0 Å². The third kappa shape index (κ3) is 4.77. The third-order valence-electron chi connectivity index (χ3n) is 2.45. The molecule has 4 N–H and O–H groups in total. The molecular formula is C11H18N2O2SSe. The van der Waals surface area contributed by atoms with Gasteiger partial charge in [-0.3, -0.25) is 0 Å². The van der Waals surface area contributed by atoms with E-state index in [4.69, 9.17) is 10.9 Å². The molecule has 0 fully saturated rings. The van der Waals surface area contributed by atoms with Crippen LogP contribution in [0, 0.1) is 5.92 Å². The van der Waals surface area contributed by atoms with Crippen LogP contribution < -0.4 is 15.3 Å². The van der Waals surface area contributed by atoms with Crippen LogP contribution in [-0.4, -0.2) is 29.4 Å². The minimum atomic E-state index is -3.58. The topological polar surface area (TPSA) is 86.2 Å². The summed E-state index contributed by atoms with van der Waals surface area (Å²) in [6, 6.07) is 6.92. The molecule has 0 saturated heterocycles. The summed E-state index contributed by atoms with van der Waals surface area (Å²) in [7, 11) is -3.58. The first kappa shape index (κ1) is 14.7. The van der Waals surface area contributed by atoms with E-state index in [-0.39, 0.29) is 25.9 Å². The molecule has 1 aromatic carbocycles. The number of hydrogen-bond donors (Lipinski definition) is 2. The van der Waals surface area contributed by atoms with Crippen molar-refractivity contribution < 1.29 is 8.42 Å². The molecule has 0 heterocycles. The molecule has 0 aromatic heterocycles. The van der Waals surface area contributed by atoms with Crippen molar-refractivity contribution in [2.75, 3.05) is 0 Å². The van der Waals surface area contributed by atoms with E-state index in [0.29, 0.717) is 5.92 Å². The van der Waals surface area contributed by atoms with Gasteiger partial charge in [0.25, 0.3) is 0 Å². The molecule has 0 unspecified atom stereocenters. The van der Waals surface area contributed by atoms with Gasteiger partial charge in [-0.2, -0.15) is 0 Å². The van der Waals surface area contributed by atoms with Gasteiger partial charge in [0.1, 0.15) is 0 Å². The molecular weight excluding hydrogens is 303 g/mol. The molecule has 4 nitrogen and oxygen atoms in total. The molecule has 1 atom stereocenters. The molecule has 0 bridgehead atoms. The SMILES string of the molecule is CC(C)[C@H](N)C[Se]c1ccc(S(N)(=O)=O)cc1. The Morgan fingerprint density at radius 1 is 1.24 bits per heavy atom. The molecule has 0 aliphatic heterocycles. The van der Waals surface area contributed by atoms with E-state index in [1.165, 1.54) is 0 Å². The van der Waals surface area contributed by atoms with Gasteiger partial charge < -0.3 is 0 Å². The van der Waals surface area contributed by atoms with Crippen LogP contribution in [0.1, 0.15) is 13.8 Å². The molecule has 0 radical (unpaired) electrons. The molecule has 0 spiro atoms. The zero-order chi connectivity index (χ0) is 13.1. The summed E-state index contributed by atoms with van der Waals surface area (Å²) in [5, 5.41) is 5.98. The average Bonchev–Trinajstić information content (AvgIpc) is 2.25. The van der Waals surface area contributed by atoms with E-state index in [0.717, 1.165) is 9.78 Å². The normalized spacial score (nSPS) is 13.9. The Hall–Kier alpha value is -0.391. The van der Waals surface area contributed by atoms with Crippen LogP contribution in [0.25, 0.3) is 0 Å². The quantitative estimate of drug-likeness (QED) is 0.752. The fourth-order valence-corrected chi connectivity index (χ4v) is 3.93. The summed E-state index contributed by atoms with van der Waals surface area (Å²) in [6.07, 6.45) is 0. The summed E-state index contributed by atoms with van der Waals surface area (Å²) in [5.74, 6) is 0.473. The van der Waals surface area contributed by atoms with Crippen molar-refractivity contribution in [3.8, 4) is 0 Å². The van der Waals surface area contributed by atoms with E-state index in [9.17, 15) is 8.42 Å². The van der Waals surface area contributed by atoms with Crippen molar-refractivity contribution in [2.24, 2.45) is 16.8 Å². The first-order valence-electron chi connectivity index (χ1n) is 5.32. The molecule has 0 aliphatic rings. The molecule has 0 aliphatic carbocycles. The number of rotatable bonds is 5. The molecule has 0 amide bonds. The van der Waals surface area contributed by atoms with Gasteiger partial charge in [0.2, 0.25) is 0 Å². The minimum absolute atomic E-state index is 0.158. The summed E-state index contributed by atoms with van der Waals surface area (Å²) in [4.78, 5) is 0.158. The van der Waals surface area contributed by atoms with Gasteiger partial charge in [-0.15, -0.1) is 0 Å². The van der Waals surface area contributed by atoms with Crippen molar-refractivity contribution in [1.82, 2.24) is 0 Å². The monoisotopic (exact) mass is 322 g/mol. The predicted octanol–water partition coefficient (Wildman–Crippen LogP) is 0.0651. The Morgan fingerprint density at radius 2 is 1.76 bits per heavy atom. The van der Waals surface area contributed by atoms with E-state index in [1.54, 1.807) is 12.1 Å². The summed E-state index contributed by atoms with van der Waals surface area (Å²) >= 11 is 0.278. The van der Waals surface area contributed by atoms with Crippen LogP contribution in [0.5, 0.6) is 0 Å². The second-order valence-corrected chi connectivity index (χ2v) is 8.09. The fourth-order valence-electron chi connectivity index (χ4n) is 1.11. The second kappa shape index (κ2) is 5.98. The van der Waals surface area contributed by atoms with E-state index in [2.05, 4.69) is 13.8 Å². The summed E-state index contributed by atoms with van der Waals surface area (Å²) < 4.78 is 23.3. The molecule has 17 heavy (non-hydrogen) atoms. The Kier molecular flexibility index (Phi) is 5.16. The average molecular weight is 321 g/mol. The predicted molar refractivity (Wildman–Crippen MR) is 70.8 cm³/mol. The van der Waals surface area contributed by atoms with Crippen LogP contribution in [0.2, 0.25) is 5.32 Å². The van der Waals surface area contributed by atoms with Crippen LogP contribution >= 0.6 is 0 Å². The molecule has 96 valence electrons. The Bertz CT molecular complexity index is 457. The van der Waals surface area contributed by atoms with Crippen molar-refractivity contribution in [2.45, 2.75) is 30.1 Å². The van der Waals surface area contributed by atoms with Gasteiger partial charge in [0.15, 0.2) is 0 Å². The number of hydrogen-bond acceptors (Lipinski definition) is 3. The summed E-state index contributed by atoms with van der Waals surface area (Å²) in [6.45, 7) is 4.20. The first-order valence-corrected chi connectivity index (χ1v) is 8.93. The Morgan fingerprint density at radius 3 is 2.18 bits per heavy atom.